The predicted molar refractivity (Wildman–Crippen MR) is 68.0 cm³/mol. The number of aliphatic hydroxyl groups is 1. The molecule has 100 valence electrons. The van der Waals surface area contributed by atoms with Crippen LogP contribution in [-0.4, -0.2) is 45.1 Å². The fraction of sp³-hybridized carbons (Fsp3) is 0.692. The summed E-state index contributed by atoms with van der Waals surface area (Å²) in [6, 6.07) is 0.132. The maximum Gasteiger partial charge on any atom is 0.226 e. The van der Waals surface area contributed by atoms with E-state index in [1.807, 2.05) is 13.8 Å². The van der Waals surface area contributed by atoms with Gasteiger partial charge in [0.25, 0.3) is 0 Å². The van der Waals surface area contributed by atoms with E-state index in [4.69, 9.17) is 5.11 Å². The van der Waals surface area contributed by atoms with Gasteiger partial charge in [0.15, 0.2) is 0 Å². The number of hydrogen-bond donors (Lipinski definition) is 2. The number of carbonyl (C=O) groups is 1. The summed E-state index contributed by atoms with van der Waals surface area (Å²) < 4.78 is 0. The van der Waals surface area contributed by atoms with Gasteiger partial charge in [0.05, 0.1) is 18.6 Å². The highest BCUT2D eigenvalue weighted by Gasteiger charge is 2.30. The van der Waals surface area contributed by atoms with Crippen LogP contribution >= 0.6 is 0 Å². The van der Waals surface area contributed by atoms with E-state index in [2.05, 4.69) is 9.97 Å². The molecule has 0 aromatic carbocycles. The van der Waals surface area contributed by atoms with Crippen molar-refractivity contribution in [1.82, 2.24) is 14.9 Å². The summed E-state index contributed by atoms with van der Waals surface area (Å²) in [7, 11) is 0. The topological polar surface area (TPSA) is 69.2 Å². The molecule has 5 nitrogen and oxygen atoms in total. The van der Waals surface area contributed by atoms with Crippen molar-refractivity contribution in [2.45, 2.75) is 39.2 Å². The first-order valence-corrected chi connectivity index (χ1v) is 6.56. The summed E-state index contributed by atoms with van der Waals surface area (Å²) in [5.74, 6) is 0.172. The standard InChI is InChI=1S/C13H21N3O2/c1-9(2)16(5-6-17)13(18)10-3-4-11-12(7-10)15-8-14-11/h8-10,17H,3-7H2,1-2H3,(H,14,15). The third kappa shape index (κ3) is 2.56. The molecule has 1 unspecified atom stereocenters. The second-order valence-corrected chi connectivity index (χ2v) is 5.12. The van der Waals surface area contributed by atoms with Crippen molar-refractivity contribution in [2.75, 3.05) is 13.2 Å². The molecule has 0 spiro atoms. The van der Waals surface area contributed by atoms with E-state index in [1.165, 1.54) is 0 Å². The molecule has 2 N–H and O–H groups in total. The Morgan fingerprint density at radius 2 is 2.44 bits per heavy atom. The van der Waals surface area contributed by atoms with E-state index < -0.39 is 0 Å². The van der Waals surface area contributed by atoms with E-state index in [-0.39, 0.29) is 24.5 Å². The summed E-state index contributed by atoms with van der Waals surface area (Å²) in [5.41, 5.74) is 2.18. The fourth-order valence-electron chi connectivity index (χ4n) is 2.58. The highest BCUT2D eigenvalue weighted by molar-refractivity contribution is 5.79. The number of rotatable bonds is 4. The largest absolute Gasteiger partial charge is 0.395 e. The molecule has 5 heteroatoms. The van der Waals surface area contributed by atoms with E-state index in [9.17, 15) is 4.79 Å². The normalized spacial score (nSPS) is 18.8. The van der Waals surface area contributed by atoms with Gasteiger partial charge in [-0.1, -0.05) is 0 Å². The molecule has 18 heavy (non-hydrogen) atoms. The average Bonchev–Trinajstić information content (AvgIpc) is 2.81. The molecule has 1 aromatic rings. The zero-order chi connectivity index (χ0) is 13.1. The van der Waals surface area contributed by atoms with Crippen molar-refractivity contribution in [3.05, 3.63) is 17.7 Å². The highest BCUT2D eigenvalue weighted by atomic mass is 16.3. The first-order valence-electron chi connectivity index (χ1n) is 6.56. The van der Waals surface area contributed by atoms with Crippen molar-refractivity contribution in [3.63, 3.8) is 0 Å². The number of nitrogens with zero attached hydrogens (tertiary/aromatic N) is 2. The van der Waals surface area contributed by atoms with Crippen LogP contribution in [-0.2, 0) is 17.6 Å². The molecule has 1 aliphatic rings. The lowest BCUT2D eigenvalue weighted by molar-refractivity contribution is -0.138. The molecule has 0 aliphatic heterocycles. The van der Waals surface area contributed by atoms with Gasteiger partial charge < -0.3 is 15.0 Å². The Kier molecular flexibility index (Phi) is 4.01. The maximum atomic E-state index is 12.4. The molecule has 0 fully saturated rings. The molecule has 2 rings (SSSR count). The van der Waals surface area contributed by atoms with Crippen LogP contribution in [0.1, 0.15) is 31.7 Å². The molecule has 0 bridgehead atoms. The lowest BCUT2D eigenvalue weighted by atomic mass is 9.88. The monoisotopic (exact) mass is 251 g/mol. The van der Waals surface area contributed by atoms with Gasteiger partial charge in [-0.2, -0.15) is 0 Å². The van der Waals surface area contributed by atoms with Gasteiger partial charge in [-0.25, -0.2) is 4.98 Å². The Morgan fingerprint density at radius 3 is 3.11 bits per heavy atom. The highest BCUT2D eigenvalue weighted by Crippen LogP contribution is 2.25. The Labute approximate surface area is 107 Å². The van der Waals surface area contributed by atoms with E-state index >= 15 is 0 Å². The lowest BCUT2D eigenvalue weighted by Gasteiger charge is -2.31. The first kappa shape index (κ1) is 13.1. The lowest BCUT2D eigenvalue weighted by Crippen LogP contribution is -2.44. The van der Waals surface area contributed by atoms with Gasteiger partial charge in [-0.05, 0) is 26.7 Å². The fourth-order valence-corrected chi connectivity index (χ4v) is 2.58. The van der Waals surface area contributed by atoms with Crippen LogP contribution in [0.2, 0.25) is 0 Å². The van der Waals surface area contributed by atoms with Gasteiger partial charge in [0, 0.05) is 30.6 Å². The number of aliphatic hydroxyl groups excluding tert-OH is 1. The predicted octanol–water partition coefficient (Wildman–Crippen LogP) is 0.744. The number of H-pyrrole nitrogens is 1. The van der Waals surface area contributed by atoms with Crippen molar-refractivity contribution >= 4 is 5.91 Å². The minimum atomic E-state index is 0.0198. The molecule has 1 heterocycles. The average molecular weight is 251 g/mol. The summed E-state index contributed by atoms with van der Waals surface area (Å²) in [6.45, 7) is 4.41. The summed E-state index contributed by atoms with van der Waals surface area (Å²) >= 11 is 0. The minimum Gasteiger partial charge on any atom is -0.395 e. The van der Waals surface area contributed by atoms with Crippen LogP contribution in [0.5, 0.6) is 0 Å². The Hall–Kier alpha value is -1.36. The number of fused-ring (bicyclic) bond motifs is 1. The first-order chi connectivity index (χ1) is 8.63. The third-order valence-corrected chi connectivity index (χ3v) is 3.58. The third-order valence-electron chi connectivity index (χ3n) is 3.58. The Bertz CT molecular complexity index is 414. The zero-order valence-electron chi connectivity index (χ0n) is 11.0. The van der Waals surface area contributed by atoms with Gasteiger partial charge in [-0.15, -0.1) is 0 Å². The van der Waals surface area contributed by atoms with Gasteiger partial charge in [0.1, 0.15) is 0 Å². The van der Waals surface area contributed by atoms with Crippen LogP contribution in [0.3, 0.4) is 0 Å². The van der Waals surface area contributed by atoms with E-state index in [1.54, 1.807) is 11.2 Å². The number of amides is 1. The zero-order valence-corrected chi connectivity index (χ0v) is 11.0. The second-order valence-electron chi connectivity index (χ2n) is 5.12. The number of aromatic nitrogens is 2. The number of nitrogens with one attached hydrogen (secondary N) is 1. The second kappa shape index (κ2) is 5.52. The van der Waals surface area contributed by atoms with Gasteiger partial charge in [-0.3, -0.25) is 4.79 Å². The Morgan fingerprint density at radius 1 is 1.67 bits per heavy atom. The van der Waals surface area contributed by atoms with Crippen LogP contribution in [0.15, 0.2) is 6.33 Å². The van der Waals surface area contributed by atoms with Crippen LogP contribution in [0, 0.1) is 5.92 Å². The number of aryl methyl sites for hydroxylation is 1. The summed E-state index contributed by atoms with van der Waals surface area (Å²) in [6.07, 6.45) is 4.15. The van der Waals surface area contributed by atoms with Gasteiger partial charge in [0.2, 0.25) is 5.91 Å². The van der Waals surface area contributed by atoms with Crippen LogP contribution in [0.25, 0.3) is 0 Å². The molecule has 1 amide bonds. The molecular formula is C13H21N3O2. The van der Waals surface area contributed by atoms with Gasteiger partial charge >= 0.3 is 0 Å². The molecule has 1 aliphatic carbocycles. The summed E-state index contributed by atoms with van der Waals surface area (Å²) in [5, 5.41) is 9.05. The van der Waals surface area contributed by atoms with Crippen molar-refractivity contribution < 1.29 is 9.90 Å². The molecular weight excluding hydrogens is 230 g/mol. The maximum absolute atomic E-state index is 12.4. The smallest absolute Gasteiger partial charge is 0.226 e. The molecule has 0 radical (unpaired) electrons. The molecule has 1 aromatic heterocycles. The van der Waals surface area contributed by atoms with E-state index in [0.29, 0.717) is 6.54 Å². The molecule has 0 saturated carbocycles. The number of aromatic amines is 1. The molecule has 0 saturated heterocycles. The van der Waals surface area contributed by atoms with Crippen molar-refractivity contribution in [1.29, 1.82) is 0 Å². The SMILES string of the molecule is CC(C)N(CCO)C(=O)C1CCc2nc[nH]c2C1. The number of carbonyl (C=O) groups excluding carboxylic acids is 1. The van der Waals surface area contributed by atoms with E-state index in [0.717, 1.165) is 30.7 Å². The van der Waals surface area contributed by atoms with Crippen LogP contribution < -0.4 is 0 Å². The number of imidazole rings is 1. The summed E-state index contributed by atoms with van der Waals surface area (Å²) in [4.78, 5) is 21.6. The molecule has 1 atom stereocenters. The minimum absolute atomic E-state index is 0.0198. The number of hydrogen-bond acceptors (Lipinski definition) is 3. The van der Waals surface area contributed by atoms with Crippen LogP contribution in [0.4, 0.5) is 0 Å². The Balaban J connectivity index is 2.06. The quantitative estimate of drug-likeness (QED) is 0.829. The van der Waals surface area contributed by atoms with Crippen molar-refractivity contribution in [2.24, 2.45) is 5.92 Å². The van der Waals surface area contributed by atoms with Crippen molar-refractivity contribution in [3.8, 4) is 0 Å².